The van der Waals surface area contributed by atoms with Gasteiger partial charge >= 0.3 is 0 Å². The van der Waals surface area contributed by atoms with Crippen molar-refractivity contribution in [3.05, 3.63) is 64.1 Å². The van der Waals surface area contributed by atoms with Gasteiger partial charge in [0.1, 0.15) is 0 Å². The van der Waals surface area contributed by atoms with E-state index in [2.05, 4.69) is 65.8 Å². The van der Waals surface area contributed by atoms with Gasteiger partial charge in [0.15, 0.2) is 0 Å². The van der Waals surface area contributed by atoms with Gasteiger partial charge in [-0.1, -0.05) is 17.7 Å². The van der Waals surface area contributed by atoms with Crippen molar-refractivity contribution in [2.75, 3.05) is 13.6 Å². The van der Waals surface area contributed by atoms with E-state index in [1.807, 2.05) is 0 Å². The number of aromatic nitrogens is 2. The molecule has 0 N–H and O–H groups in total. The molecule has 3 nitrogen and oxygen atoms in total. The first-order valence-electron chi connectivity index (χ1n) is 9.34. The molecular formula is C22H25N3. The Bertz CT molecular complexity index is 965. The molecule has 3 heteroatoms. The molecule has 4 heterocycles. The number of aryl methyl sites for hydroxylation is 2. The molecule has 2 aliphatic heterocycles. The summed E-state index contributed by atoms with van der Waals surface area (Å²) in [4.78, 5) is 7.00. The summed E-state index contributed by atoms with van der Waals surface area (Å²) in [6.07, 6.45) is 4.38. The monoisotopic (exact) mass is 331 g/mol. The van der Waals surface area contributed by atoms with Crippen LogP contribution in [0.2, 0.25) is 0 Å². The second kappa shape index (κ2) is 5.43. The fourth-order valence-electron chi connectivity index (χ4n) is 4.82. The maximum atomic E-state index is 4.55. The predicted molar refractivity (Wildman–Crippen MR) is 102 cm³/mol. The molecule has 128 valence electrons. The third-order valence-electron chi connectivity index (χ3n) is 6.04. The predicted octanol–water partition coefficient (Wildman–Crippen LogP) is 3.98. The first kappa shape index (κ1) is 15.2. The second-order valence-corrected chi connectivity index (χ2v) is 7.98. The molecule has 0 spiro atoms. The Morgan fingerprint density at radius 1 is 1.16 bits per heavy atom. The number of fused-ring (bicyclic) bond motifs is 3. The number of hydrogen-bond acceptors (Lipinski definition) is 2. The molecule has 2 aliphatic rings. The van der Waals surface area contributed by atoms with Crippen LogP contribution in [0.25, 0.3) is 10.9 Å². The summed E-state index contributed by atoms with van der Waals surface area (Å²) in [6.45, 7) is 7.64. The highest BCUT2D eigenvalue weighted by Crippen LogP contribution is 2.40. The van der Waals surface area contributed by atoms with Gasteiger partial charge in [0.2, 0.25) is 0 Å². The van der Waals surface area contributed by atoms with Gasteiger partial charge in [-0.25, -0.2) is 0 Å². The SMILES string of the molecule is Cc1cc2c3c(c1)c1c(n3CC(c3ccc(C)nc3)C2)CCN(C)C1. The molecule has 2 aromatic heterocycles. The highest BCUT2D eigenvalue weighted by Gasteiger charge is 2.29. The Balaban J connectivity index is 1.68. The Morgan fingerprint density at radius 3 is 2.84 bits per heavy atom. The molecule has 0 fully saturated rings. The summed E-state index contributed by atoms with van der Waals surface area (Å²) in [6, 6.07) is 9.23. The fraction of sp³-hybridized carbons (Fsp3) is 0.409. The van der Waals surface area contributed by atoms with Crippen molar-refractivity contribution in [1.82, 2.24) is 14.5 Å². The summed E-state index contributed by atoms with van der Waals surface area (Å²) >= 11 is 0. The lowest BCUT2D eigenvalue weighted by molar-refractivity contribution is 0.308. The van der Waals surface area contributed by atoms with Crippen molar-refractivity contribution in [3.63, 3.8) is 0 Å². The number of pyridine rings is 1. The lowest BCUT2D eigenvalue weighted by atomic mass is 9.88. The van der Waals surface area contributed by atoms with Crippen molar-refractivity contribution >= 4 is 10.9 Å². The van der Waals surface area contributed by atoms with Crippen molar-refractivity contribution in [3.8, 4) is 0 Å². The molecular weight excluding hydrogens is 306 g/mol. The number of rotatable bonds is 1. The molecule has 3 aromatic rings. The highest BCUT2D eigenvalue weighted by atomic mass is 15.1. The zero-order valence-electron chi connectivity index (χ0n) is 15.3. The molecule has 0 bridgehead atoms. The largest absolute Gasteiger partial charge is 0.343 e. The average molecular weight is 331 g/mol. The number of nitrogens with zero attached hydrogens (tertiary/aromatic N) is 3. The zero-order valence-corrected chi connectivity index (χ0v) is 15.3. The van der Waals surface area contributed by atoms with Crippen LogP contribution in [-0.2, 0) is 25.9 Å². The van der Waals surface area contributed by atoms with Crippen LogP contribution in [-0.4, -0.2) is 28.0 Å². The van der Waals surface area contributed by atoms with Crippen LogP contribution in [0, 0.1) is 13.8 Å². The molecule has 1 atom stereocenters. The maximum absolute atomic E-state index is 4.55. The summed E-state index contributed by atoms with van der Waals surface area (Å²) in [5.41, 5.74) is 10.0. The van der Waals surface area contributed by atoms with Crippen LogP contribution < -0.4 is 0 Å². The number of benzene rings is 1. The summed E-state index contributed by atoms with van der Waals surface area (Å²) in [5, 5.41) is 1.50. The van der Waals surface area contributed by atoms with Crippen LogP contribution in [0.3, 0.4) is 0 Å². The van der Waals surface area contributed by atoms with Gasteiger partial charge < -0.3 is 9.47 Å². The van der Waals surface area contributed by atoms with Gasteiger partial charge in [0.25, 0.3) is 0 Å². The van der Waals surface area contributed by atoms with Crippen molar-refractivity contribution in [2.45, 2.75) is 45.7 Å². The normalized spacial score (nSPS) is 20.0. The van der Waals surface area contributed by atoms with E-state index in [9.17, 15) is 0 Å². The zero-order chi connectivity index (χ0) is 17.1. The summed E-state index contributed by atoms with van der Waals surface area (Å²) in [7, 11) is 2.24. The van der Waals surface area contributed by atoms with Crippen molar-refractivity contribution in [1.29, 1.82) is 0 Å². The van der Waals surface area contributed by atoms with Gasteiger partial charge in [-0.05, 0) is 56.1 Å². The third kappa shape index (κ3) is 2.33. The minimum Gasteiger partial charge on any atom is -0.343 e. The van der Waals surface area contributed by atoms with E-state index in [1.54, 1.807) is 11.3 Å². The van der Waals surface area contributed by atoms with E-state index in [1.165, 1.54) is 27.6 Å². The first-order valence-corrected chi connectivity index (χ1v) is 9.34. The molecule has 0 saturated heterocycles. The van der Waals surface area contributed by atoms with Crippen LogP contribution in [0.1, 0.15) is 39.6 Å². The van der Waals surface area contributed by atoms with E-state index < -0.39 is 0 Å². The van der Waals surface area contributed by atoms with Gasteiger partial charge in [-0.15, -0.1) is 0 Å². The minimum atomic E-state index is 0.529. The van der Waals surface area contributed by atoms with Crippen LogP contribution in [0.15, 0.2) is 30.5 Å². The Labute approximate surface area is 149 Å². The van der Waals surface area contributed by atoms with Crippen LogP contribution in [0.4, 0.5) is 0 Å². The molecule has 1 aromatic carbocycles. The van der Waals surface area contributed by atoms with E-state index >= 15 is 0 Å². The lowest BCUT2D eigenvalue weighted by Crippen LogP contribution is -2.28. The fourth-order valence-corrected chi connectivity index (χ4v) is 4.82. The molecule has 1 unspecified atom stereocenters. The van der Waals surface area contributed by atoms with E-state index in [0.717, 1.165) is 38.2 Å². The van der Waals surface area contributed by atoms with Crippen molar-refractivity contribution < 1.29 is 0 Å². The third-order valence-corrected chi connectivity index (χ3v) is 6.04. The second-order valence-electron chi connectivity index (χ2n) is 7.98. The van der Waals surface area contributed by atoms with E-state index in [4.69, 9.17) is 0 Å². The minimum absolute atomic E-state index is 0.529. The number of likely N-dealkylation sites (N-methyl/N-ethyl adjacent to an activating group) is 1. The van der Waals surface area contributed by atoms with E-state index in [0.29, 0.717) is 5.92 Å². The topological polar surface area (TPSA) is 21.1 Å². The maximum Gasteiger partial charge on any atom is 0.0519 e. The highest BCUT2D eigenvalue weighted by molar-refractivity contribution is 5.90. The molecule has 0 aliphatic carbocycles. The molecule has 5 rings (SSSR count). The van der Waals surface area contributed by atoms with Gasteiger partial charge in [-0.3, -0.25) is 4.98 Å². The molecule has 25 heavy (non-hydrogen) atoms. The van der Waals surface area contributed by atoms with Crippen molar-refractivity contribution in [2.24, 2.45) is 0 Å². The molecule has 0 amide bonds. The Hall–Kier alpha value is -2.13. The van der Waals surface area contributed by atoms with E-state index in [-0.39, 0.29) is 0 Å². The Kier molecular flexibility index (Phi) is 3.29. The number of hydrogen-bond donors (Lipinski definition) is 0. The van der Waals surface area contributed by atoms with Gasteiger partial charge in [-0.2, -0.15) is 0 Å². The lowest BCUT2D eigenvalue weighted by Gasteiger charge is -2.28. The Morgan fingerprint density at radius 2 is 2.04 bits per heavy atom. The first-order chi connectivity index (χ1) is 12.1. The summed E-state index contributed by atoms with van der Waals surface area (Å²) < 4.78 is 2.64. The standard InChI is InChI=1S/C22H25N3/c1-14-8-17-10-18(16-5-4-15(2)23-11-16)12-25-21-6-7-24(3)13-20(21)19(9-14)22(17)25/h4-5,8-9,11,18H,6-7,10,12-13H2,1-3H3. The smallest absolute Gasteiger partial charge is 0.0519 e. The molecule has 0 radical (unpaired) electrons. The average Bonchev–Trinajstić information content (AvgIpc) is 2.89. The van der Waals surface area contributed by atoms with Crippen LogP contribution in [0.5, 0.6) is 0 Å². The van der Waals surface area contributed by atoms with Crippen LogP contribution >= 0.6 is 0 Å². The quantitative estimate of drug-likeness (QED) is 0.672. The van der Waals surface area contributed by atoms with Gasteiger partial charge in [0, 0.05) is 54.9 Å². The molecule has 0 saturated carbocycles. The summed E-state index contributed by atoms with van der Waals surface area (Å²) in [5.74, 6) is 0.529. The van der Waals surface area contributed by atoms with Gasteiger partial charge in [0.05, 0.1) is 5.52 Å².